The van der Waals surface area contributed by atoms with E-state index >= 15 is 0 Å². The highest BCUT2D eigenvalue weighted by Crippen LogP contribution is 2.41. The van der Waals surface area contributed by atoms with E-state index in [1.54, 1.807) is 0 Å². The SMILES string of the molecule is Cc1cncc(CN[C@@H](CN2CC[C@H](C3=CCC(Cl)C=C3)C(C)(C)C2)C(C)C)c1. The summed E-state index contributed by atoms with van der Waals surface area (Å²) in [5.74, 6) is 1.22. The normalized spacial score (nSPS) is 25.8. The number of aromatic nitrogens is 1. The van der Waals surface area contributed by atoms with Crippen molar-refractivity contribution in [2.45, 2.75) is 65.4 Å². The molecule has 0 bridgehead atoms. The van der Waals surface area contributed by atoms with Crippen molar-refractivity contribution in [3.63, 3.8) is 0 Å². The molecule has 0 amide bonds. The van der Waals surface area contributed by atoms with Crippen LogP contribution in [-0.2, 0) is 6.54 Å². The van der Waals surface area contributed by atoms with Crippen molar-refractivity contribution in [3.8, 4) is 0 Å². The molecule has 4 heteroatoms. The molecule has 160 valence electrons. The molecule has 1 aliphatic carbocycles. The third-order valence-corrected chi connectivity index (χ3v) is 6.87. The van der Waals surface area contributed by atoms with Crippen molar-refractivity contribution in [2.75, 3.05) is 19.6 Å². The van der Waals surface area contributed by atoms with Gasteiger partial charge in [0.25, 0.3) is 0 Å². The number of hydrogen-bond donors (Lipinski definition) is 1. The number of hydrogen-bond acceptors (Lipinski definition) is 3. The molecule has 1 aromatic rings. The summed E-state index contributed by atoms with van der Waals surface area (Å²) >= 11 is 6.23. The maximum absolute atomic E-state index is 6.23. The summed E-state index contributed by atoms with van der Waals surface area (Å²) in [6.45, 7) is 15.9. The summed E-state index contributed by atoms with van der Waals surface area (Å²) in [7, 11) is 0. The van der Waals surface area contributed by atoms with E-state index in [2.05, 4.69) is 74.1 Å². The fourth-order valence-electron chi connectivity index (χ4n) is 4.86. The monoisotopic (exact) mass is 415 g/mol. The molecule has 3 rings (SSSR count). The summed E-state index contributed by atoms with van der Waals surface area (Å²) in [5.41, 5.74) is 4.26. The summed E-state index contributed by atoms with van der Waals surface area (Å²) < 4.78 is 0. The Labute approximate surface area is 182 Å². The lowest BCUT2D eigenvalue weighted by Gasteiger charge is -2.46. The second-order valence-corrected chi connectivity index (χ2v) is 10.5. The number of nitrogens with one attached hydrogen (secondary N) is 1. The number of likely N-dealkylation sites (tertiary alicyclic amines) is 1. The van der Waals surface area contributed by atoms with Crippen LogP contribution in [0.2, 0.25) is 0 Å². The van der Waals surface area contributed by atoms with Crippen LogP contribution in [0.5, 0.6) is 0 Å². The predicted molar refractivity (Wildman–Crippen MR) is 124 cm³/mol. The van der Waals surface area contributed by atoms with Gasteiger partial charge in [-0.1, -0.05) is 52.0 Å². The topological polar surface area (TPSA) is 28.2 Å². The minimum absolute atomic E-state index is 0.170. The zero-order valence-corrected chi connectivity index (χ0v) is 19.5. The van der Waals surface area contributed by atoms with E-state index in [4.69, 9.17) is 11.6 Å². The van der Waals surface area contributed by atoms with Crippen molar-refractivity contribution < 1.29 is 0 Å². The molecule has 3 nitrogen and oxygen atoms in total. The molecule has 1 N–H and O–H groups in total. The zero-order chi connectivity index (χ0) is 21.0. The first-order valence-electron chi connectivity index (χ1n) is 11.1. The van der Waals surface area contributed by atoms with E-state index in [-0.39, 0.29) is 10.8 Å². The van der Waals surface area contributed by atoms with Crippen molar-refractivity contribution in [2.24, 2.45) is 17.3 Å². The zero-order valence-electron chi connectivity index (χ0n) is 18.8. The van der Waals surface area contributed by atoms with Gasteiger partial charge in [0.05, 0.1) is 5.38 Å². The second kappa shape index (κ2) is 9.76. The van der Waals surface area contributed by atoms with Crippen molar-refractivity contribution in [1.29, 1.82) is 0 Å². The second-order valence-electron chi connectivity index (χ2n) is 9.98. The highest BCUT2D eigenvalue weighted by atomic mass is 35.5. The van der Waals surface area contributed by atoms with Gasteiger partial charge in [-0.2, -0.15) is 0 Å². The average Bonchev–Trinajstić information content (AvgIpc) is 2.65. The van der Waals surface area contributed by atoms with Gasteiger partial charge in [0, 0.05) is 38.1 Å². The van der Waals surface area contributed by atoms with E-state index in [9.17, 15) is 0 Å². The van der Waals surface area contributed by atoms with E-state index in [0.717, 1.165) is 26.1 Å². The Morgan fingerprint density at radius 3 is 2.72 bits per heavy atom. The first-order valence-corrected chi connectivity index (χ1v) is 11.6. The maximum Gasteiger partial charge on any atom is 0.0553 e. The molecule has 29 heavy (non-hydrogen) atoms. The van der Waals surface area contributed by atoms with E-state index in [1.807, 2.05) is 12.4 Å². The molecule has 0 spiro atoms. The molecule has 2 aliphatic rings. The average molecular weight is 416 g/mol. The minimum atomic E-state index is 0.170. The smallest absolute Gasteiger partial charge is 0.0553 e. The number of pyridine rings is 1. The summed E-state index contributed by atoms with van der Waals surface area (Å²) in [6, 6.07) is 2.71. The standard InChI is InChI=1S/C25H38ClN3/c1-18(2)24(28-15-20-12-19(3)13-27-14-20)16-29-11-10-23(25(4,5)17-29)21-6-8-22(26)9-7-21/h6-8,12-14,18,22-24,28H,9-11,15-17H2,1-5H3/t22?,23-,24+/m1/s1. The van der Waals surface area contributed by atoms with Gasteiger partial charge >= 0.3 is 0 Å². The summed E-state index contributed by atoms with van der Waals surface area (Å²) in [4.78, 5) is 7.00. The molecular formula is C25H38ClN3. The Bertz CT molecular complexity index is 737. The van der Waals surface area contributed by atoms with Crippen molar-refractivity contribution >= 4 is 11.6 Å². The number of nitrogens with zero attached hydrogens (tertiary/aromatic N) is 2. The molecule has 1 saturated heterocycles. The van der Waals surface area contributed by atoms with Crippen LogP contribution in [0.1, 0.15) is 51.7 Å². The highest BCUT2D eigenvalue weighted by Gasteiger charge is 2.38. The number of halogens is 1. The van der Waals surface area contributed by atoms with Gasteiger partial charge in [-0.3, -0.25) is 4.98 Å². The molecule has 1 aromatic heterocycles. The van der Waals surface area contributed by atoms with E-state index in [1.165, 1.54) is 29.7 Å². The molecule has 1 aliphatic heterocycles. The fourth-order valence-corrected chi connectivity index (χ4v) is 5.03. The molecule has 3 atom stereocenters. The van der Waals surface area contributed by atoms with Crippen LogP contribution in [-0.4, -0.2) is 40.9 Å². The van der Waals surface area contributed by atoms with Gasteiger partial charge in [-0.25, -0.2) is 0 Å². The quantitative estimate of drug-likeness (QED) is 0.608. The summed E-state index contributed by atoms with van der Waals surface area (Å²) in [5, 5.41) is 3.97. The highest BCUT2D eigenvalue weighted by molar-refractivity contribution is 6.22. The summed E-state index contributed by atoms with van der Waals surface area (Å²) in [6.07, 6.45) is 12.9. The van der Waals surface area contributed by atoms with Gasteiger partial charge in [0.15, 0.2) is 0 Å². The number of alkyl halides is 1. The molecular weight excluding hydrogens is 378 g/mol. The molecule has 0 aromatic carbocycles. The van der Waals surface area contributed by atoms with Crippen LogP contribution in [0.3, 0.4) is 0 Å². The van der Waals surface area contributed by atoms with E-state index in [0.29, 0.717) is 17.9 Å². The number of aryl methyl sites for hydroxylation is 1. The Hall–Kier alpha value is -1.16. The van der Waals surface area contributed by atoms with Crippen molar-refractivity contribution in [1.82, 2.24) is 15.2 Å². The largest absolute Gasteiger partial charge is 0.308 e. The van der Waals surface area contributed by atoms with Crippen LogP contribution >= 0.6 is 11.6 Å². The molecule has 2 heterocycles. The third kappa shape index (κ3) is 6.16. The van der Waals surface area contributed by atoms with Crippen LogP contribution in [0, 0.1) is 24.2 Å². The predicted octanol–water partition coefficient (Wildman–Crippen LogP) is 5.35. The maximum atomic E-state index is 6.23. The number of piperidine rings is 1. The van der Waals surface area contributed by atoms with Crippen LogP contribution in [0.25, 0.3) is 0 Å². The Morgan fingerprint density at radius 2 is 2.10 bits per heavy atom. The van der Waals surface area contributed by atoms with Gasteiger partial charge in [0.1, 0.15) is 0 Å². The molecule has 0 saturated carbocycles. The molecule has 1 unspecified atom stereocenters. The number of rotatable bonds is 7. The lowest BCUT2D eigenvalue weighted by molar-refractivity contribution is 0.0630. The third-order valence-electron chi connectivity index (χ3n) is 6.55. The molecule has 0 radical (unpaired) electrons. The lowest BCUT2D eigenvalue weighted by Crippen LogP contribution is -2.51. The van der Waals surface area contributed by atoms with Crippen LogP contribution in [0.4, 0.5) is 0 Å². The van der Waals surface area contributed by atoms with Gasteiger partial charge in [-0.15, -0.1) is 11.6 Å². The fraction of sp³-hybridized carbons (Fsp3) is 0.640. The van der Waals surface area contributed by atoms with Gasteiger partial charge in [-0.05, 0) is 60.3 Å². The van der Waals surface area contributed by atoms with Crippen LogP contribution in [0.15, 0.2) is 42.3 Å². The van der Waals surface area contributed by atoms with Gasteiger partial charge in [0.2, 0.25) is 0 Å². The Balaban J connectivity index is 1.58. The number of allylic oxidation sites excluding steroid dienone is 4. The lowest BCUT2D eigenvalue weighted by atomic mass is 9.69. The molecule has 1 fully saturated rings. The van der Waals surface area contributed by atoms with Crippen molar-refractivity contribution in [3.05, 3.63) is 53.4 Å². The van der Waals surface area contributed by atoms with Crippen LogP contribution < -0.4 is 5.32 Å². The van der Waals surface area contributed by atoms with Gasteiger partial charge < -0.3 is 10.2 Å². The Kier molecular flexibility index (Phi) is 7.58. The first kappa shape index (κ1) is 22.5. The first-order chi connectivity index (χ1) is 13.7. The minimum Gasteiger partial charge on any atom is -0.308 e. The Morgan fingerprint density at radius 1 is 1.31 bits per heavy atom. The van der Waals surface area contributed by atoms with E-state index < -0.39 is 0 Å².